The van der Waals surface area contributed by atoms with Crippen LogP contribution in [0.15, 0.2) is 24.3 Å². The third-order valence-corrected chi connectivity index (χ3v) is 3.60. The number of ether oxygens (including phenoxy) is 1. The van der Waals surface area contributed by atoms with Crippen molar-refractivity contribution in [1.82, 2.24) is 4.90 Å². The average molecular weight is 295 g/mol. The van der Waals surface area contributed by atoms with Crippen molar-refractivity contribution in [2.75, 3.05) is 26.3 Å². The van der Waals surface area contributed by atoms with E-state index in [9.17, 15) is 15.0 Å². The van der Waals surface area contributed by atoms with Crippen LogP contribution in [0.5, 0.6) is 5.75 Å². The van der Waals surface area contributed by atoms with Gasteiger partial charge in [0.15, 0.2) is 6.61 Å². The van der Waals surface area contributed by atoms with Crippen molar-refractivity contribution in [2.45, 2.75) is 25.0 Å². The molecule has 0 aromatic heterocycles. The number of hydrogen-bond donors (Lipinski definition) is 3. The summed E-state index contributed by atoms with van der Waals surface area (Å²) in [6.45, 7) is 1.33. The maximum absolute atomic E-state index is 10.5. The van der Waals surface area contributed by atoms with Crippen molar-refractivity contribution in [3.05, 3.63) is 29.8 Å². The van der Waals surface area contributed by atoms with Gasteiger partial charge in [-0.3, -0.25) is 4.90 Å². The lowest BCUT2D eigenvalue weighted by Gasteiger charge is -2.38. The van der Waals surface area contributed by atoms with Crippen LogP contribution >= 0.6 is 0 Å². The number of benzene rings is 1. The van der Waals surface area contributed by atoms with E-state index in [1.54, 1.807) is 12.1 Å². The van der Waals surface area contributed by atoms with Crippen molar-refractivity contribution in [3.8, 4) is 5.75 Å². The van der Waals surface area contributed by atoms with E-state index in [-0.39, 0.29) is 13.2 Å². The fourth-order valence-corrected chi connectivity index (χ4v) is 2.61. The number of β-amino-alcohol motifs (C(OH)–C–C–N with tert-alkyl or cyclic N) is 1. The molecular weight excluding hydrogens is 274 g/mol. The predicted octanol–water partition coefficient (Wildman–Crippen LogP) is 0.469. The maximum Gasteiger partial charge on any atom is 0.341 e. The Hall–Kier alpha value is -1.63. The summed E-state index contributed by atoms with van der Waals surface area (Å²) >= 11 is 0. The van der Waals surface area contributed by atoms with Gasteiger partial charge in [0.25, 0.3) is 0 Å². The highest BCUT2D eigenvalue weighted by Crippen LogP contribution is 2.23. The highest BCUT2D eigenvalue weighted by molar-refractivity contribution is 5.68. The molecule has 1 unspecified atom stereocenters. The van der Waals surface area contributed by atoms with Crippen LogP contribution in [-0.2, 0) is 11.3 Å². The van der Waals surface area contributed by atoms with Crippen LogP contribution in [0.4, 0.5) is 0 Å². The molecule has 1 saturated heterocycles. The molecule has 1 atom stereocenters. The molecule has 0 radical (unpaired) electrons. The highest BCUT2D eigenvalue weighted by atomic mass is 16.5. The van der Waals surface area contributed by atoms with Crippen molar-refractivity contribution >= 4 is 5.97 Å². The minimum Gasteiger partial charge on any atom is -0.482 e. The number of likely N-dealkylation sites (tertiary alicyclic amines) is 1. The first-order valence-corrected chi connectivity index (χ1v) is 7.00. The first kappa shape index (κ1) is 15.8. The molecule has 1 aromatic carbocycles. The van der Waals surface area contributed by atoms with Crippen LogP contribution in [-0.4, -0.2) is 58.1 Å². The first-order chi connectivity index (χ1) is 10.0. The molecule has 0 bridgehead atoms. The van der Waals surface area contributed by atoms with Crippen molar-refractivity contribution in [2.24, 2.45) is 0 Å². The summed E-state index contributed by atoms with van der Waals surface area (Å²) in [4.78, 5) is 12.6. The van der Waals surface area contributed by atoms with E-state index in [1.165, 1.54) is 0 Å². The summed E-state index contributed by atoms with van der Waals surface area (Å²) in [6, 6.07) is 7.26. The van der Waals surface area contributed by atoms with Crippen LogP contribution in [0.2, 0.25) is 0 Å². The molecule has 0 amide bonds. The maximum atomic E-state index is 10.5. The molecule has 1 aliphatic rings. The Morgan fingerprint density at radius 1 is 1.43 bits per heavy atom. The zero-order chi connectivity index (χ0) is 15.3. The van der Waals surface area contributed by atoms with E-state index < -0.39 is 11.6 Å². The molecular formula is C15H21NO5. The number of carbonyl (C=O) groups is 1. The van der Waals surface area contributed by atoms with Gasteiger partial charge in [-0.15, -0.1) is 0 Å². The summed E-state index contributed by atoms with van der Waals surface area (Å²) in [5.41, 5.74) is -0.0320. The Labute approximate surface area is 123 Å². The standard InChI is InChI=1S/C15H21NO5/c17-11-15(20)5-2-6-16(10-15)8-12-3-1-4-13(7-12)21-9-14(18)19/h1,3-4,7,17,20H,2,5-6,8-11H2,(H,18,19). The second-order valence-corrected chi connectivity index (χ2v) is 5.53. The topological polar surface area (TPSA) is 90.2 Å². The van der Waals surface area contributed by atoms with E-state index in [4.69, 9.17) is 9.84 Å². The summed E-state index contributed by atoms with van der Waals surface area (Å²) < 4.78 is 5.15. The number of aliphatic carboxylic acids is 1. The summed E-state index contributed by atoms with van der Waals surface area (Å²) in [6.07, 6.45) is 1.45. The number of hydrogen-bond acceptors (Lipinski definition) is 5. The van der Waals surface area contributed by atoms with Crippen LogP contribution in [0, 0.1) is 0 Å². The van der Waals surface area contributed by atoms with Gasteiger partial charge < -0.3 is 20.1 Å². The molecule has 21 heavy (non-hydrogen) atoms. The number of piperidine rings is 1. The van der Waals surface area contributed by atoms with Crippen molar-refractivity contribution < 1.29 is 24.9 Å². The Morgan fingerprint density at radius 3 is 2.95 bits per heavy atom. The third-order valence-electron chi connectivity index (χ3n) is 3.60. The molecule has 116 valence electrons. The fraction of sp³-hybridized carbons (Fsp3) is 0.533. The lowest BCUT2D eigenvalue weighted by atomic mass is 9.93. The molecule has 6 nitrogen and oxygen atoms in total. The van der Waals surface area contributed by atoms with Gasteiger partial charge in [0.05, 0.1) is 6.61 Å². The van der Waals surface area contributed by atoms with Crippen LogP contribution in [0.25, 0.3) is 0 Å². The Balaban J connectivity index is 1.96. The van der Waals surface area contributed by atoms with Crippen LogP contribution in [0.1, 0.15) is 18.4 Å². The van der Waals surface area contributed by atoms with Gasteiger partial charge >= 0.3 is 5.97 Å². The number of carboxylic acids is 1. The minimum atomic E-state index is -1.02. The molecule has 0 spiro atoms. The number of nitrogens with zero attached hydrogens (tertiary/aromatic N) is 1. The van der Waals surface area contributed by atoms with Gasteiger partial charge in [-0.2, -0.15) is 0 Å². The quantitative estimate of drug-likeness (QED) is 0.707. The first-order valence-electron chi connectivity index (χ1n) is 7.00. The Kier molecular flexibility index (Phi) is 5.17. The monoisotopic (exact) mass is 295 g/mol. The summed E-state index contributed by atoms with van der Waals surface area (Å²) in [7, 11) is 0. The molecule has 3 N–H and O–H groups in total. The summed E-state index contributed by atoms with van der Waals surface area (Å²) in [5.74, 6) is -0.492. The molecule has 0 saturated carbocycles. The largest absolute Gasteiger partial charge is 0.482 e. The second-order valence-electron chi connectivity index (χ2n) is 5.53. The average Bonchev–Trinajstić information content (AvgIpc) is 2.46. The summed E-state index contributed by atoms with van der Waals surface area (Å²) in [5, 5.41) is 28.0. The minimum absolute atomic E-state index is 0.231. The van der Waals surface area contributed by atoms with Crippen molar-refractivity contribution in [1.29, 1.82) is 0 Å². The van der Waals surface area contributed by atoms with Gasteiger partial charge in [0.2, 0.25) is 0 Å². The number of rotatable bonds is 6. The van der Waals surface area contributed by atoms with E-state index in [0.29, 0.717) is 25.3 Å². The van der Waals surface area contributed by atoms with Gasteiger partial charge in [-0.1, -0.05) is 12.1 Å². The van der Waals surface area contributed by atoms with E-state index in [1.807, 2.05) is 12.1 Å². The van der Waals surface area contributed by atoms with E-state index in [2.05, 4.69) is 4.90 Å². The molecule has 1 aliphatic heterocycles. The van der Waals surface area contributed by atoms with E-state index in [0.717, 1.165) is 18.5 Å². The smallest absolute Gasteiger partial charge is 0.341 e. The number of aliphatic hydroxyl groups excluding tert-OH is 1. The zero-order valence-corrected chi connectivity index (χ0v) is 11.9. The van der Waals surface area contributed by atoms with Crippen LogP contribution in [0.3, 0.4) is 0 Å². The fourth-order valence-electron chi connectivity index (χ4n) is 2.61. The third kappa shape index (κ3) is 4.70. The Morgan fingerprint density at radius 2 is 2.24 bits per heavy atom. The van der Waals surface area contributed by atoms with Crippen LogP contribution < -0.4 is 4.74 Å². The molecule has 1 heterocycles. The molecule has 1 aromatic rings. The van der Waals surface area contributed by atoms with Gasteiger partial charge in [-0.05, 0) is 37.1 Å². The normalized spacial score (nSPS) is 23.0. The molecule has 1 fully saturated rings. The zero-order valence-electron chi connectivity index (χ0n) is 11.9. The van der Waals surface area contributed by atoms with E-state index >= 15 is 0 Å². The van der Waals surface area contributed by atoms with Gasteiger partial charge in [0.1, 0.15) is 11.4 Å². The SMILES string of the molecule is O=C(O)COc1cccc(CN2CCCC(O)(CO)C2)c1. The number of carboxylic acid groups (broad SMARTS) is 1. The van der Waals surface area contributed by atoms with Gasteiger partial charge in [-0.25, -0.2) is 4.79 Å². The second kappa shape index (κ2) is 6.89. The number of aliphatic hydroxyl groups is 2. The molecule has 2 rings (SSSR count). The Bertz CT molecular complexity index is 493. The molecule has 6 heteroatoms. The molecule has 0 aliphatic carbocycles. The van der Waals surface area contributed by atoms with Gasteiger partial charge in [0, 0.05) is 13.1 Å². The lowest BCUT2D eigenvalue weighted by molar-refractivity contribution is -0.139. The van der Waals surface area contributed by atoms with Crippen molar-refractivity contribution in [3.63, 3.8) is 0 Å². The highest BCUT2D eigenvalue weighted by Gasteiger charge is 2.32. The predicted molar refractivity (Wildman–Crippen MR) is 76.1 cm³/mol. The lowest BCUT2D eigenvalue weighted by Crippen LogP contribution is -2.49.